The van der Waals surface area contributed by atoms with E-state index >= 15 is 0 Å². The van der Waals surface area contributed by atoms with Gasteiger partial charge in [-0.15, -0.1) is 0 Å². The van der Waals surface area contributed by atoms with Gasteiger partial charge in [-0.2, -0.15) is 0 Å². The summed E-state index contributed by atoms with van der Waals surface area (Å²) >= 11 is 0. The van der Waals surface area contributed by atoms with E-state index in [-0.39, 0.29) is 5.69 Å². The minimum absolute atomic E-state index is 0.137. The molecular formula is C10H15NO2. The molecule has 0 atom stereocenters. The summed E-state index contributed by atoms with van der Waals surface area (Å²) in [6.07, 6.45) is 2.64. The van der Waals surface area contributed by atoms with Crippen LogP contribution in [-0.4, -0.2) is 4.92 Å². The molecule has 3 nitrogen and oxygen atoms in total. The largest absolute Gasteiger partial charge is 0.269 e. The van der Waals surface area contributed by atoms with Crippen LogP contribution in [0.25, 0.3) is 0 Å². The highest BCUT2D eigenvalue weighted by molar-refractivity contribution is 5.27. The van der Waals surface area contributed by atoms with E-state index in [1.54, 1.807) is 18.2 Å². The Morgan fingerprint density at radius 3 is 1.85 bits per heavy atom. The van der Waals surface area contributed by atoms with Crippen molar-refractivity contribution in [2.75, 3.05) is 0 Å². The van der Waals surface area contributed by atoms with Gasteiger partial charge in [0.25, 0.3) is 5.69 Å². The number of para-hydroxylation sites is 1. The summed E-state index contributed by atoms with van der Waals surface area (Å²) in [4.78, 5) is 9.59. The molecule has 72 valence electrons. The van der Waals surface area contributed by atoms with Crippen molar-refractivity contribution in [1.82, 2.24) is 0 Å². The molecule has 0 aliphatic carbocycles. The van der Waals surface area contributed by atoms with Gasteiger partial charge in [0.2, 0.25) is 0 Å². The first-order chi connectivity index (χ1) is 6.22. The molecule has 0 spiro atoms. The number of non-ortho nitro benzene ring substituents is 1. The summed E-state index contributed by atoms with van der Waals surface area (Å²) in [6.45, 7) is 4.36. The zero-order valence-corrected chi connectivity index (χ0v) is 8.06. The predicted molar refractivity (Wildman–Crippen MR) is 53.7 cm³/mol. The van der Waals surface area contributed by atoms with Crippen LogP contribution in [0.15, 0.2) is 30.3 Å². The summed E-state index contributed by atoms with van der Waals surface area (Å²) in [5, 5.41) is 10.0. The van der Waals surface area contributed by atoms with Gasteiger partial charge in [0.05, 0.1) is 4.92 Å². The highest BCUT2D eigenvalue weighted by Gasteiger charge is 1.98. The molecule has 1 aromatic carbocycles. The van der Waals surface area contributed by atoms with Gasteiger partial charge in [0.1, 0.15) is 0 Å². The Balaban J connectivity index is 0.000000310. The van der Waals surface area contributed by atoms with Gasteiger partial charge in [-0.3, -0.25) is 10.1 Å². The Labute approximate surface area is 78.5 Å². The molecule has 13 heavy (non-hydrogen) atoms. The SMILES string of the molecule is CCCC.O=[N+]([O-])c1ccccc1. The van der Waals surface area contributed by atoms with Gasteiger partial charge in [-0.05, 0) is 0 Å². The zero-order valence-electron chi connectivity index (χ0n) is 8.06. The fourth-order valence-electron chi connectivity index (χ4n) is 0.550. The molecule has 0 saturated heterocycles. The maximum absolute atomic E-state index is 10.0. The molecule has 0 aromatic heterocycles. The standard InChI is InChI=1S/C6H5NO2.C4H10/c8-7(9)6-4-2-1-3-5-6;1-3-4-2/h1-5H;3-4H2,1-2H3. The molecule has 3 heteroatoms. The smallest absolute Gasteiger partial charge is 0.258 e. The number of nitro groups is 1. The lowest BCUT2D eigenvalue weighted by Crippen LogP contribution is -1.84. The summed E-state index contributed by atoms with van der Waals surface area (Å²) < 4.78 is 0. The van der Waals surface area contributed by atoms with E-state index in [9.17, 15) is 10.1 Å². The maximum atomic E-state index is 10.0. The maximum Gasteiger partial charge on any atom is 0.269 e. The van der Waals surface area contributed by atoms with E-state index in [0.29, 0.717) is 0 Å². The minimum atomic E-state index is -0.417. The first-order valence-corrected chi connectivity index (χ1v) is 4.41. The monoisotopic (exact) mass is 181 g/mol. The lowest BCUT2D eigenvalue weighted by atomic mass is 10.3. The Hall–Kier alpha value is -1.38. The fourth-order valence-corrected chi connectivity index (χ4v) is 0.550. The molecule has 0 saturated carbocycles. The fraction of sp³-hybridized carbons (Fsp3) is 0.400. The third kappa shape index (κ3) is 5.84. The number of nitro benzene ring substituents is 1. The van der Waals surface area contributed by atoms with Crippen LogP contribution < -0.4 is 0 Å². The average molecular weight is 181 g/mol. The van der Waals surface area contributed by atoms with Crippen LogP contribution in [-0.2, 0) is 0 Å². The van der Waals surface area contributed by atoms with E-state index in [4.69, 9.17) is 0 Å². The van der Waals surface area contributed by atoms with Crippen molar-refractivity contribution in [3.8, 4) is 0 Å². The normalized spacial score (nSPS) is 8.46. The second-order valence-corrected chi connectivity index (χ2v) is 2.59. The molecule has 1 rings (SSSR count). The van der Waals surface area contributed by atoms with E-state index < -0.39 is 4.92 Å². The molecule has 1 aromatic rings. The quantitative estimate of drug-likeness (QED) is 0.518. The Kier molecular flexibility index (Phi) is 6.51. The van der Waals surface area contributed by atoms with Gasteiger partial charge in [-0.1, -0.05) is 44.9 Å². The summed E-state index contributed by atoms with van der Waals surface area (Å²) in [6, 6.07) is 7.93. The number of unbranched alkanes of at least 4 members (excludes halogenated alkanes) is 1. The van der Waals surface area contributed by atoms with Gasteiger partial charge >= 0.3 is 0 Å². The molecule has 0 radical (unpaired) electrons. The van der Waals surface area contributed by atoms with E-state index in [1.807, 2.05) is 0 Å². The number of benzene rings is 1. The highest BCUT2D eigenvalue weighted by atomic mass is 16.6. The molecule has 0 aliphatic rings. The molecule has 0 unspecified atom stereocenters. The van der Waals surface area contributed by atoms with Gasteiger partial charge in [0.15, 0.2) is 0 Å². The Morgan fingerprint density at radius 2 is 1.62 bits per heavy atom. The van der Waals surface area contributed by atoms with Gasteiger partial charge in [0, 0.05) is 12.1 Å². The van der Waals surface area contributed by atoms with E-state index in [0.717, 1.165) is 0 Å². The Morgan fingerprint density at radius 1 is 1.15 bits per heavy atom. The lowest BCUT2D eigenvalue weighted by Gasteiger charge is -1.85. The van der Waals surface area contributed by atoms with Crippen molar-refractivity contribution >= 4 is 5.69 Å². The van der Waals surface area contributed by atoms with Crippen molar-refractivity contribution in [1.29, 1.82) is 0 Å². The molecule has 0 N–H and O–H groups in total. The second kappa shape index (κ2) is 7.28. The van der Waals surface area contributed by atoms with Crippen molar-refractivity contribution in [3.63, 3.8) is 0 Å². The molecule has 0 aliphatic heterocycles. The van der Waals surface area contributed by atoms with Crippen molar-refractivity contribution in [2.45, 2.75) is 26.7 Å². The van der Waals surface area contributed by atoms with Crippen LogP contribution in [0, 0.1) is 10.1 Å². The zero-order chi connectivity index (χ0) is 10.1. The molecule has 0 fully saturated rings. The highest BCUT2D eigenvalue weighted by Crippen LogP contribution is 2.06. The first-order valence-electron chi connectivity index (χ1n) is 4.41. The molecule has 0 heterocycles. The summed E-state index contributed by atoms with van der Waals surface area (Å²) in [7, 11) is 0. The molecule has 0 bridgehead atoms. The molecular weight excluding hydrogens is 166 g/mol. The van der Waals surface area contributed by atoms with Crippen LogP contribution in [0.1, 0.15) is 26.7 Å². The van der Waals surface area contributed by atoms with Gasteiger partial charge < -0.3 is 0 Å². The second-order valence-electron chi connectivity index (χ2n) is 2.59. The minimum Gasteiger partial charge on any atom is -0.258 e. The van der Waals surface area contributed by atoms with Crippen LogP contribution in [0.4, 0.5) is 5.69 Å². The first kappa shape index (κ1) is 11.6. The third-order valence-electron chi connectivity index (χ3n) is 1.47. The van der Waals surface area contributed by atoms with Crippen LogP contribution in [0.2, 0.25) is 0 Å². The van der Waals surface area contributed by atoms with Crippen molar-refractivity contribution in [2.24, 2.45) is 0 Å². The topological polar surface area (TPSA) is 43.1 Å². The Bertz CT molecular complexity index is 232. The van der Waals surface area contributed by atoms with Crippen LogP contribution in [0.3, 0.4) is 0 Å². The molecule has 0 amide bonds. The van der Waals surface area contributed by atoms with E-state index in [2.05, 4.69) is 13.8 Å². The number of hydrogen-bond acceptors (Lipinski definition) is 2. The average Bonchev–Trinajstić information content (AvgIpc) is 2.19. The van der Waals surface area contributed by atoms with Crippen LogP contribution in [0.5, 0.6) is 0 Å². The van der Waals surface area contributed by atoms with E-state index in [1.165, 1.54) is 25.0 Å². The third-order valence-corrected chi connectivity index (χ3v) is 1.47. The number of hydrogen-bond donors (Lipinski definition) is 0. The predicted octanol–water partition coefficient (Wildman–Crippen LogP) is 3.40. The summed E-state index contributed by atoms with van der Waals surface area (Å²) in [5.41, 5.74) is 0.137. The van der Waals surface area contributed by atoms with Gasteiger partial charge in [-0.25, -0.2) is 0 Å². The lowest BCUT2D eigenvalue weighted by molar-refractivity contribution is -0.384. The van der Waals surface area contributed by atoms with Crippen molar-refractivity contribution < 1.29 is 4.92 Å². The van der Waals surface area contributed by atoms with Crippen molar-refractivity contribution in [3.05, 3.63) is 40.4 Å². The summed E-state index contributed by atoms with van der Waals surface area (Å²) in [5.74, 6) is 0. The number of rotatable bonds is 2. The van der Waals surface area contributed by atoms with Crippen LogP contribution >= 0.6 is 0 Å². The number of nitrogens with zero attached hydrogens (tertiary/aromatic N) is 1.